The standard InChI is InChI=1S/C13H19NO3/c1-9-5-10(2)7-14(6-9)8-11-3-4-17-12(11)13(15)16/h3-4,9-10H,5-8H2,1-2H3,(H,15,16). The van der Waals surface area contributed by atoms with Gasteiger partial charge in [0, 0.05) is 25.2 Å². The van der Waals surface area contributed by atoms with E-state index in [-0.39, 0.29) is 5.76 Å². The summed E-state index contributed by atoms with van der Waals surface area (Å²) >= 11 is 0. The fourth-order valence-electron chi connectivity index (χ4n) is 2.81. The Labute approximate surface area is 101 Å². The zero-order valence-corrected chi connectivity index (χ0v) is 10.3. The molecule has 17 heavy (non-hydrogen) atoms. The van der Waals surface area contributed by atoms with E-state index < -0.39 is 5.97 Å². The van der Waals surface area contributed by atoms with Gasteiger partial charge in [0.2, 0.25) is 5.76 Å². The molecule has 0 aromatic carbocycles. The molecule has 0 amide bonds. The van der Waals surface area contributed by atoms with Crippen LogP contribution in [-0.2, 0) is 6.54 Å². The number of likely N-dealkylation sites (tertiary alicyclic amines) is 1. The third-order valence-electron chi connectivity index (χ3n) is 3.28. The Hall–Kier alpha value is -1.29. The van der Waals surface area contributed by atoms with Crippen LogP contribution >= 0.6 is 0 Å². The first-order valence-corrected chi connectivity index (χ1v) is 6.08. The van der Waals surface area contributed by atoms with Gasteiger partial charge in [-0.15, -0.1) is 0 Å². The highest BCUT2D eigenvalue weighted by Gasteiger charge is 2.24. The molecule has 1 aliphatic rings. The molecule has 0 radical (unpaired) electrons. The Morgan fingerprint density at radius 2 is 2.12 bits per heavy atom. The van der Waals surface area contributed by atoms with Crippen LogP contribution in [0.4, 0.5) is 0 Å². The van der Waals surface area contributed by atoms with Crippen LogP contribution in [0.2, 0.25) is 0 Å². The summed E-state index contributed by atoms with van der Waals surface area (Å²) in [6, 6.07) is 1.76. The van der Waals surface area contributed by atoms with Crippen molar-refractivity contribution in [3.05, 3.63) is 23.7 Å². The Morgan fingerprint density at radius 1 is 1.47 bits per heavy atom. The SMILES string of the molecule is CC1CC(C)CN(Cc2ccoc2C(=O)O)C1. The summed E-state index contributed by atoms with van der Waals surface area (Å²) in [6.45, 7) is 7.24. The fourth-order valence-corrected chi connectivity index (χ4v) is 2.81. The zero-order chi connectivity index (χ0) is 12.4. The van der Waals surface area contributed by atoms with Gasteiger partial charge in [0.15, 0.2) is 0 Å². The number of hydrogen-bond acceptors (Lipinski definition) is 3. The monoisotopic (exact) mass is 237 g/mol. The second kappa shape index (κ2) is 4.92. The summed E-state index contributed by atoms with van der Waals surface area (Å²) in [4.78, 5) is 13.3. The van der Waals surface area contributed by atoms with E-state index in [2.05, 4.69) is 18.7 Å². The highest BCUT2D eigenvalue weighted by molar-refractivity contribution is 5.86. The van der Waals surface area contributed by atoms with E-state index in [1.165, 1.54) is 12.7 Å². The maximum Gasteiger partial charge on any atom is 0.372 e. The van der Waals surface area contributed by atoms with E-state index >= 15 is 0 Å². The molecule has 94 valence electrons. The average molecular weight is 237 g/mol. The molecule has 1 saturated heterocycles. The van der Waals surface area contributed by atoms with Crippen LogP contribution in [0.3, 0.4) is 0 Å². The molecule has 2 rings (SSSR count). The smallest absolute Gasteiger partial charge is 0.372 e. The first-order chi connectivity index (χ1) is 8.06. The summed E-state index contributed by atoms with van der Waals surface area (Å²) in [7, 11) is 0. The lowest BCUT2D eigenvalue weighted by atomic mass is 9.91. The van der Waals surface area contributed by atoms with Gasteiger partial charge in [0.05, 0.1) is 6.26 Å². The van der Waals surface area contributed by atoms with Crippen molar-refractivity contribution in [3.8, 4) is 0 Å². The summed E-state index contributed by atoms with van der Waals surface area (Å²) in [6.07, 6.45) is 2.71. The van der Waals surface area contributed by atoms with Gasteiger partial charge in [-0.25, -0.2) is 4.79 Å². The number of carbonyl (C=O) groups is 1. The van der Waals surface area contributed by atoms with Crippen molar-refractivity contribution in [2.45, 2.75) is 26.8 Å². The molecular formula is C13H19NO3. The molecule has 1 N–H and O–H groups in total. The molecule has 2 atom stereocenters. The van der Waals surface area contributed by atoms with Crippen LogP contribution in [0.1, 0.15) is 36.4 Å². The Balaban J connectivity index is 2.05. The molecule has 1 aliphatic heterocycles. The van der Waals surface area contributed by atoms with Crippen LogP contribution in [0.25, 0.3) is 0 Å². The number of hydrogen-bond donors (Lipinski definition) is 1. The Kier molecular flexibility index (Phi) is 3.52. The largest absolute Gasteiger partial charge is 0.475 e. The van der Waals surface area contributed by atoms with E-state index in [0.717, 1.165) is 18.7 Å². The van der Waals surface area contributed by atoms with Crippen LogP contribution < -0.4 is 0 Å². The van der Waals surface area contributed by atoms with Gasteiger partial charge >= 0.3 is 5.97 Å². The summed E-state index contributed by atoms with van der Waals surface area (Å²) in [5.74, 6) is 0.455. The number of aromatic carboxylic acids is 1. The van der Waals surface area contributed by atoms with Gasteiger partial charge in [-0.2, -0.15) is 0 Å². The first kappa shape index (κ1) is 12.2. The molecule has 4 heteroatoms. The number of rotatable bonds is 3. The van der Waals surface area contributed by atoms with Gasteiger partial charge in [0.25, 0.3) is 0 Å². The molecule has 0 spiro atoms. The fraction of sp³-hybridized carbons (Fsp3) is 0.615. The van der Waals surface area contributed by atoms with Crippen molar-refractivity contribution in [2.75, 3.05) is 13.1 Å². The van der Waals surface area contributed by atoms with Crippen LogP contribution in [-0.4, -0.2) is 29.1 Å². The molecular weight excluding hydrogens is 218 g/mol. The lowest BCUT2D eigenvalue weighted by Crippen LogP contribution is -2.38. The maximum absolute atomic E-state index is 10.9. The molecule has 0 saturated carbocycles. The number of carboxylic acids is 1. The molecule has 4 nitrogen and oxygen atoms in total. The van der Waals surface area contributed by atoms with Crippen molar-refractivity contribution >= 4 is 5.97 Å². The highest BCUT2D eigenvalue weighted by Crippen LogP contribution is 2.23. The topological polar surface area (TPSA) is 53.7 Å². The molecule has 0 bridgehead atoms. The van der Waals surface area contributed by atoms with E-state index in [1.807, 2.05) is 0 Å². The Bertz CT molecular complexity index is 389. The molecule has 1 aromatic heterocycles. The molecule has 2 unspecified atom stereocenters. The average Bonchev–Trinajstić information content (AvgIpc) is 2.63. The molecule has 1 aromatic rings. The van der Waals surface area contributed by atoms with Gasteiger partial charge < -0.3 is 9.52 Å². The lowest BCUT2D eigenvalue weighted by Gasteiger charge is -2.34. The van der Waals surface area contributed by atoms with Crippen molar-refractivity contribution < 1.29 is 14.3 Å². The normalized spacial score (nSPS) is 26.0. The predicted octanol–water partition coefficient (Wildman–Crippen LogP) is 2.46. The van der Waals surface area contributed by atoms with Crippen molar-refractivity contribution in [2.24, 2.45) is 11.8 Å². The van der Waals surface area contributed by atoms with Crippen LogP contribution in [0.15, 0.2) is 16.7 Å². The highest BCUT2D eigenvalue weighted by atomic mass is 16.4. The lowest BCUT2D eigenvalue weighted by molar-refractivity contribution is 0.0657. The van der Waals surface area contributed by atoms with Crippen LogP contribution in [0.5, 0.6) is 0 Å². The third kappa shape index (κ3) is 2.88. The van der Waals surface area contributed by atoms with E-state index in [9.17, 15) is 4.79 Å². The molecule has 1 fully saturated rings. The zero-order valence-electron chi connectivity index (χ0n) is 10.3. The number of nitrogens with zero attached hydrogens (tertiary/aromatic N) is 1. The van der Waals surface area contributed by atoms with Crippen molar-refractivity contribution in [1.82, 2.24) is 4.90 Å². The third-order valence-corrected chi connectivity index (χ3v) is 3.28. The van der Waals surface area contributed by atoms with Crippen molar-refractivity contribution in [3.63, 3.8) is 0 Å². The van der Waals surface area contributed by atoms with Crippen molar-refractivity contribution in [1.29, 1.82) is 0 Å². The van der Waals surface area contributed by atoms with E-state index in [4.69, 9.17) is 9.52 Å². The summed E-state index contributed by atoms with van der Waals surface area (Å²) < 4.78 is 5.00. The second-order valence-corrected chi connectivity index (χ2v) is 5.22. The van der Waals surface area contributed by atoms with E-state index in [1.54, 1.807) is 6.07 Å². The minimum atomic E-state index is -0.983. The maximum atomic E-state index is 10.9. The summed E-state index contributed by atoms with van der Waals surface area (Å²) in [5, 5.41) is 8.98. The van der Waals surface area contributed by atoms with Crippen LogP contribution in [0, 0.1) is 11.8 Å². The molecule has 2 heterocycles. The van der Waals surface area contributed by atoms with E-state index in [0.29, 0.717) is 18.4 Å². The minimum absolute atomic E-state index is 0.0795. The summed E-state index contributed by atoms with van der Waals surface area (Å²) in [5.41, 5.74) is 0.777. The first-order valence-electron chi connectivity index (χ1n) is 6.08. The molecule has 0 aliphatic carbocycles. The van der Waals surface area contributed by atoms with Gasteiger partial charge in [-0.3, -0.25) is 4.90 Å². The number of carboxylic acid groups (broad SMARTS) is 1. The van der Waals surface area contributed by atoms with Gasteiger partial charge in [-0.1, -0.05) is 13.8 Å². The number of furan rings is 1. The Morgan fingerprint density at radius 3 is 2.71 bits per heavy atom. The second-order valence-electron chi connectivity index (χ2n) is 5.22. The predicted molar refractivity (Wildman–Crippen MR) is 63.9 cm³/mol. The van der Waals surface area contributed by atoms with Gasteiger partial charge in [0.1, 0.15) is 0 Å². The minimum Gasteiger partial charge on any atom is -0.475 e. The van der Waals surface area contributed by atoms with Gasteiger partial charge in [-0.05, 0) is 24.3 Å². The quantitative estimate of drug-likeness (QED) is 0.877. The number of piperidine rings is 1.